The molecule has 0 fully saturated rings. The first kappa shape index (κ1) is 14.8. The fourth-order valence-corrected chi connectivity index (χ4v) is 3.16. The van der Waals surface area contributed by atoms with E-state index in [0.717, 1.165) is 23.6 Å². The third-order valence-electron chi connectivity index (χ3n) is 3.40. The Morgan fingerprint density at radius 1 is 1.18 bits per heavy atom. The minimum absolute atomic E-state index is 0.0721. The highest BCUT2D eigenvalue weighted by Crippen LogP contribution is 2.23. The first-order chi connectivity index (χ1) is 10.8. The molecule has 3 aromatic rings. The molecule has 0 atom stereocenters. The maximum Gasteiger partial charge on any atom is 0.125 e. The SMILES string of the molecule is Cc1ccc(CNc2cc(-c3ccccc3)nn2CCO)s1. The van der Waals surface area contributed by atoms with E-state index < -0.39 is 0 Å². The van der Waals surface area contributed by atoms with Crippen molar-refractivity contribution in [1.29, 1.82) is 0 Å². The fraction of sp³-hybridized carbons (Fsp3) is 0.235. The van der Waals surface area contributed by atoms with Gasteiger partial charge < -0.3 is 10.4 Å². The molecule has 0 unspecified atom stereocenters. The maximum atomic E-state index is 9.23. The highest BCUT2D eigenvalue weighted by atomic mass is 32.1. The molecule has 0 saturated carbocycles. The minimum Gasteiger partial charge on any atom is -0.394 e. The zero-order chi connectivity index (χ0) is 15.4. The lowest BCUT2D eigenvalue weighted by atomic mass is 10.2. The molecule has 114 valence electrons. The van der Waals surface area contributed by atoms with Crippen LogP contribution < -0.4 is 5.32 Å². The summed E-state index contributed by atoms with van der Waals surface area (Å²) in [4.78, 5) is 2.60. The smallest absolute Gasteiger partial charge is 0.125 e. The van der Waals surface area contributed by atoms with Gasteiger partial charge in [0.05, 0.1) is 25.4 Å². The van der Waals surface area contributed by atoms with Gasteiger partial charge in [-0.15, -0.1) is 11.3 Å². The number of rotatable bonds is 6. The van der Waals surface area contributed by atoms with Crippen molar-refractivity contribution in [2.75, 3.05) is 11.9 Å². The lowest BCUT2D eigenvalue weighted by molar-refractivity contribution is 0.270. The van der Waals surface area contributed by atoms with Crippen LogP contribution in [0.25, 0.3) is 11.3 Å². The standard InChI is InChI=1S/C17H19N3OS/c1-13-7-8-15(22-13)12-18-17-11-16(19-20(17)9-10-21)14-5-3-2-4-6-14/h2-8,11,18,21H,9-10,12H2,1H3. The second kappa shape index (κ2) is 6.77. The van der Waals surface area contributed by atoms with Crippen molar-refractivity contribution in [3.8, 4) is 11.3 Å². The number of benzene rings is 1. The number of nitrogens with one attached hydrogen (secondary N) is 1. The summed E-state index contributed by atoms with van der Waals surface area (Å²) in [6.45, 7) is 3.43. The van der Waals surface area contributed by atoms with Gasteiger partial charge >= 0.3 is 0 Å². The largest absolute Gasteiger partial charge is 0.394 e. The Morgan fingerprint density at radius 2 is 2.00 bits per heavy atom. The van der Waals surface area contributed by atoms with Crippen LogP contribution in [0.15, 0.2) is 48.5 Å². The summed E-state index contributed by atoms with van der Waals surface area (Å²) in [6, 6.07) is 16.4. The van der Waals surface area contributed by atoms with E-state index in [1.807, 2.05) is 41.1 Å². The molecule has 0 saturated heterocycles. The van der Waals surface area contributed by atoms with E-state index in [1.54, 1.807) is 11.3 Å². The number of hydrogen-bond donors (Lipinski definition) is 2. The third-order valence-corrected chi connectivity index (χ3v) is 4.40. The second-order valence-corrected chi connectivity index (χ2v) is 6.47. The summed E-state index contributed by atoms with van der Waals surface area (Å²) in [5.74, 6) is 0.930. The predicted molar refractivity (Wildman–Crippen MR) is 91.1 cm³/mol. The molecule has 0 amide bonds. The van der Waals surface area contributed by atoms with Crippen molar-refractivity contribution >= 4 is 17.2 Å². The van der Waals surface area contributed by atoms with Gasteiger partial charge in [-0.25, -0.2) is 4.68 Å². The molecule has 0 aliphatic rings. The zero-order valence-corrected chi connectivity index (χ0v) is 13.3. The molecule has 3 rings (SSSR count). The molecule has 4 nitrogen and oxygen atoms in total. The number of thiophene rings is 1. The molecule has 22 heavy (non-hydrogen) atoms. The summed E-state index contributed by atoms with van der Waals surface area (Å²) < 4.78 is 1.82. The lowest BCUT2D eigenvalue weighted by Crippen LogP contribution is -2.09. The van der Waals surface area contributed by atoms with E-state index in [0.29, 0.717) is 6.54 Å². The summed E-state index contributed by atoms with van der Waals surface area (Å²) in [5, 5.41) is 17.2. The zero-order valence-electron chi connectivity index (χ0n) is 12.5. The van der Waals surface area contributed by atoms with E-state index in [2.05, 4.69) is 29.5 Å². The Balaban J connectivity index is 1.81. The summed E-state index contributed by atoms with van der Waals surface area (Å²) in [6.07, 6.45) is 0. The summed E-state index contributed by atoms with van der Waals surface area (Å²) in [7, 11) is 0. The Morgan fingerprint density at radius 3 is 2.68 bits per heavy atom. The molecule has 0 radical (unpaired) electrons. The average Bonchev–Trinajstić information content (AvgIpc) is 3.13. The Bertz CT molecular complexity index is 733. The van der Waals surface area contributed by atoms with Gasteiger partial charge in [-0.05, 0) is 19.1 Å². The van der Waals surface area contributed by atoms with Crippen molar-refractivity contribution < 1.29 is 5.11 Å². The van der Waals surface area contributed by atoms with Crippen LogP contribution in [0.4, 0.5) is 5.82 Å². The second-order valence-electron chi connectivity index (χ2n) is 5.09. The van der Waals surface area contributed by atoms with Crippen LogP contribution in [-0.4, -0.2) is 21.5 Å². The Hall–Kier alpha value is -2.11. The van der Waals surface area contributed by atoms with E-state index >= 15 is 0 Å². The molecule has 0 spiro atoms. The fourth-order valence-electron chi connectivity index (χ4n) is 2.33. The average molecular weight is 313 g/mol. The van der Waals surface area contributed by atoms with Crippen LogP contribution in [0.5, 0.6) is 0 Å². The molecular weight excluding hydrogens is 294 g/mol. The topological polar surface area (TPSA) is 50.1 Å². The molecule has 0 aliphatic heterocycles. The van der Waals surface area contributed by atoms with E-state index in [9.17, 15) is 5.11 Å². The van der Waals surface area contributed by atoms with Crippen molar-refractivity contribution in [3.63, 3.8) is 0 Å². The van der Waals surface area contributed by atoms with Gasteiger partial charge in [0.2, 0.25) is 0 Å². The lowest BCUT2D eigenvalue weighted by Gasteiger charge is -2.07. The molecule has 2 aromatic heterocycles. The van der Waals surface area contributed by atoms with Gasteiger partial charge in [0.1, 0.15) is 5.82 Å². The van der Waals surface area contributed by atoms with Crippen LogP contribution in [0.2, 0.25) is 0 Å². The predicted octanol–water partition coefficient (Wildman–Crippen LogP) is 3.52. The third kappa shape index (κ3) is 3.37. The van der Waals surface area contributed by atoms with E-state index in [1.165, 1.54) is 9.75 Å². The van der Waals surface area contributed by atoms with Crippen LogP contribution in [0, 0.1) is 6.92 Å². The van der Waals surface area contributed by atoms with Crippen molar-refractivity contribution in [3.05, 3.63) is 58.3 Å². The Kier molecular flexibility index (Phi) is 4.56. The van der Waals surface area contributed by atoms with Gasteiger partial charge in [0, 0.05) is 21.4 Å². The van der Waals surface area contributed by atoms with E-state index in [-0.39, 0.29) is 6.61 Å². The van der Waals surface area contributed by atoms with Gasteiger partial charge in [-0.3, -0.25) is 0 Å². The first-order valence-electron chi connectivity index (χ1n) is 7.29. The number of hydrogen-bond acceptors (Lipinski definition) is 4. The summed E-state index contributed by atoms with van der Waals surface area (Å²) >= 11 is 1.79. The van der Waals surface area contributed by atoms with Gasteiger partial charge in [0.15, 0.2) is 0 Å². The van der Waals surface area contributed by atoms with Crippen molar-refractivity contribution in [2.45, 2.75) is 20.0 Å². The summed E-state index contributed by atoms with van der Waals surface area (Å²) in [5.41, 5.74) is 1.99. The molecule has 2 N–H and O–H groups in total. The van der Waals surface area contributed by atoms with Gasteiger partial charge in [0.25, 0.3) is 0 Å². The molecule has 0 aliphatic carbocycles. The number of aryl methyl sites for hydroxylation is 1. The van der Waals surface area contributed by atoms with Crippen LogP contribution in [0.1, 0.15) is 9.75 Å². The normalized spacial score (nSPS) is 10.8. The van der Waals surface area contributed by atoms with E-state index in [4.69, 9.17) is 0 Å². The quantitative estimate of drug-likeness (QED) is 0.732. The minimum atomic E-state index is 0.0721. The molecule has 0 bridgehead atoms. The maximum absolute atomic E-state index is 9.23. The van der Waals surface area contributed by atoms with Gasteiger partial charge in [-0.2, -0.15) is 5.10 Å². The highest BCUT2D eigenvalue weighted by Gasteiger charge is 2.09. The first-order valence-corrected chi connectivity index (χ1v) is 8.11. The monoisotopic (exact) mass is 313 g/mol. The number of anilines is 1. The number of aromatic nitrogens is 2. The molecule has 2 heterocycles. The van der Waals surface area contributed by atoms with Crippen molar-refractivity contribution in [1.82, 2.24) is 9.78 Å². The van der Waals surface area contributed by atoms with Crippen LogP contribution in [-0.2, 0) is 13.1 Å². The molecule has 5 heteroatoms. The van der Waals surface area contributed by atoms with Crippen molar-refractivity contribution in [2.24, 2.45) is 0 Å². The molecule has 1 aromatic carbocycles. The number of nitrogens with zero attached hydrogens (tertiary/aromatic N) is 2. The Labute approximate surface area is 134 Å². The van der Waals surface area contributed by atoms with Crippen LogP contribution >= 0.6 is 11.3 Å². The molecular formula is C17H19N3OS. The van der Waals surface area contributed by atoms with Gasteiger partial charge in [-0.1, -0.05) is 30.3 Å². The number of aliphatic hydroxyl groups excluding tert-OH is 1. The highest BCUT2D eigenvalue weighted by molar-refractivity contribution is 7.11. The number of aliphatic hydroxyl groups is 1. The van der Waals surface area contributed by atoms with Crippen LogP contribution in [0.3, 0.4) is 0 Å².